The minimum absolute atomic E-state index is 0.0246. The van der Waals surface area contributed by atoms with E-state index in [-0.39, 0.29) is 6.10 Å². The van der Waals surface area contributed by atoms with E-state index in [9.17, 15) is 5.11 Å². The van der Waals surface area contributed by atoms with E-state index in [2.05, 4.69) is 5.32 Å². The Labute approximate surface area is 110 Å². The molecule has 18 heavy (non-hydrogen) atoms. The number of hydrogen-bond donors (Lipinski definition) is 2. The maximum Gasteiger partial charge on any atom is 0.0897 e. The first kappa shape index (κ1) is 15.9. The summed E-state index contributed by atoms with van der Waals surface area (Å²) in [5.41, 5.74) is 0. The Balaban J connectivity index is 1.91. The number of ether oxygens (including phenoxy) is 3. The minimum Gasteiger partial charge on any atom is -0.389 e. The van der Waals surface area contributed by atoms with Gasteiger partial charge in [0.2, 0.25) is 0 Å². The molecule has 1 rings (SSSR count). The Hall–Kier alpha value is -0.200. The quantitative estimate of drug-likeness (QED) is 0.563. The average Bonchev–Trinajstić information content (AvgIpc) is 2.85. The number of aliphatic hydroxyl groups excluding tert-OH is 1. The van der Waals surface area contributed by atoms with Gasteiger partial charge >= 0.3 is 0 Å². The maximum absolute atomic E-state index is 9.70. The highest BCUT2D eigenvalue weighted by Crippen LogP contribution is 2.14. The van der Waals surface area contributed by atoms with Crippen molar-refractivity contribution < 1.29 is 19.3 Å². The van der Waals surface area contributed by atoms with Gasteiger partial charge in [-0.05, 0) is 32.7 Å². The molecule has 1 aliphatic heterocycles. The maximum atomic E-state index is 9.70. The number of rotatable bonds is 10. The van der Waals surface area contributed by atoms with Gasteiger partial charge in [0.05, 0.1) is 31.5 Å². The van der Waals surface area contributed by atoms with Crippen molar-refractivity contribution in [2.24, 2.45) is 0 Å². The van der Waals surface area contributed by atoms with Crippen LogP contribution >= 0.6 is 0 Å². The molecule has 0 aliphatic carbocycles. The molecular weight excluding hydrogens is 234 g/mol. The molecule has 0 aromatic rings. The lowest BCUT2D eigenvalue weighted by molar-refractivity contribution is -0.0311. The lowest BCUT2D eigenvalue weighted by Crippen LogP contribution is -2.33. The molecule has 3 unspecified atom stereocenters. The van der Waals surface area contributed by atoms with Gasteiger partial charge < -0.3 is 24.6 Å². The Kier molecular flexibility index (Phi) is 8.54. The lowest BCUT2D eigenvalue weighted by Gasteiger charge is -2.17. The van der Waals surface area contributed by atoms with Crippen LogP contribution in [-0.4, -0.2) is 63.4 Å². The van der Waals surface area contributed by atoms with Crippen LogP contribution < -0.4 is 5.32 Å². The standard InChI is InChI=1S/C13H27NO4/c1-11(9-16-2)18-10-12(15)8-14-6-5-13-4-3-7-17-13/h11-15H,3-10H2,1-2H3. The van der Waals surface area contributed by atoms with Gasteiger partial charge in [0.25, 0.3) is 0 Å². The van der Waals surface area contributed by atoms with Gasteiger partial charge in [-0.3, -0.25) is 0 Å². The zero-order valence-electron chi connectivity index (χ0n) is 11.6. The van der Waals surface area contributed by atoms with E-state index < -0.39 is 6.10 Å². The van der Waals surface area contributed by atoms with Gasteiger partial charge in [0, 0.05) is 20.3 Å². The van der Waals surface area contributed by atoms with E-state index in [4.69, 9.17) is 14.2 Å². The monoisotopic (exact) mass is 261 g/mol. The van der Waals surface area contributed by atoms with E-state index in [0.29, 0.717) is 25.9 Å². The summed E-state index contributed by atoms with van der Waals surface area (Å²) in [5, 5.41) is 12.9. The third-order valence-electron chi connectivity index (χ3n) is 3.02. The Morgan fingerprint density at radius 1 is 1.44 bits per heavy atom. The summed E-state index contributed by atoms with van der Waals surface area (Å²) >= 11 is 0. The molecule has 108 valence electrons. The van der Waals surface area contributed by atoms with Gasteiger partial charge in [-0.2, -0.15) is 0 Å². The highest BCUT2D eigenvalue weighted by molar-refractivity contribution is 4.67. The highest BCUT2D eigenvalue weighted by atomic mass is 16.5. The number of nitrogens with one attached hydrogen (secondary N) is 1. The number of aliphatic hydroxyl groups is 1. The first-order chi connectivity index (χ1) is 8.72. The highest BCUT2D eigenvalue weighted by Gasteiger charge is 2.14. The fourth-order valence-electron chi connectivity index (χ4n) is 2.02. The molecule has 0 bridgehead atoms. The molecule has 1 aliphatic rings. The second-order valence-corrected chi connectivity index (χ2v) is 4.88. The lowest BCUT2D eigenvalue weighted by atomic mass is 10.2. The first-order valence-corrected chi connectivity index (χ1v) is 6.83. The van der Waals surface area contributed by atoms with Gasteiger partial charge in [-0.15, -0.1) is 0 Å². The predicted octanol–water partition coefficient (Wildman–Crippen LogP) is 0.558. The van der Waals surface area contributed by atoms with Crippen molar-refractivity contribution in [1.29, 1.82) is 0 Å². The fourth-order valence-corrected chi connectivity index (χ4v) is 2.02. The van der Waals surface area contributed by atoms with E-state index in [1.165, 1.54) is 12.8 Å². The van der Waals surface area contributed by atoms with Gasteiger partial charge in [-0.1, -0.05) is 0 Å². The van der Waals surface area contributed by atoms with Crippen molar-refractivity contribution in [1.82, 2.24) is 5.32 Å². The van der Waals surface area contributed by atoms with Crippen LogP contribution in [0.25, 0.3) is 0 Å². The van der Waals surface area contributed by atoms with E-state index in [1.54, 1.807) is 7.11 Å². The SMILES string of the molecule is COCC(C)OCC(O)CNCCC1CCCO1. The van der Waals surface area contributed by atoms with Gasteiger partial charge in [-0.25, -0.2) is 0 Å². The Bertz CT molecular complexity index is 197. The topological polar surface area (TPSA) is 60.0 Å². The zero-order valence-corrected chi connectivity index (χ0v) is 11.6. The molecule has 0 amide bonds. The number of methoxy groups -OCH3 is 1. The molecule has 1 fully saturated rings. The summed E-state index contributed by atoms with van der Waals surface area (Å²) in [6, 6.07) is 0. The Morgan fingerprint density at radius 2 is 2.28 bits per heavy atom. The molecule has 5 heteroatoms. The average molecular weight is 261 g/mol. The van der Waals surface area contributed by atoms with E-state index in [1.807, 2.05) is 6.92 Å². The summed E-state index contributed by atoms with van der Waals surface area (Å²) in [4.78, 5) is 0. The van der Waals surface area contributed by atoms with Crippen LogP contribution in [0.4, 0.5) is 0 Å². The van der Waals surface area contributed by atoms with Gasteiger partial charge in [0.15, 0.2) is 0 Å². The van der Waals surface area contributed by atoms with Crippen molar-refractivity contribution >= 4 is 0 Å². The second-order valence-electron chi connectivity index (χ2n) is 4.88. The smallest absolute Gasteiger partial charge is 0.0897 e. The molecule has 1 heterocycles. The molecule has 2 N–H and O–H groups in total. The molecule has 0 aromatic heterocycles. The van der Waals surface area contributed by atoms with E-state index in [0.717, 1.165) is 19.6 Å². The summed E-state index contributed by atoms with van der Waals surface area (Å²) in [6.07, 6.45) is 3.34. The fraction of sp³-hybridized carbons (Fsp3) is 1.00. The molecule has 0 saturated carbocycles. The minimum atomic E-state index is -0.464. The van der Waals surface area contributed by atoms with E-state index >= 15 is 0 Å². The van der Waals surface area contributed by atoms with Crippen LogP contribution in [0.3, 0.4) is 0 Å². The van der Waals surface area contributed by atoms with Crippen molar-refractivity contribution in [3.05, 3.63) is 0 Å². The second kappa shape index (κ2) is 9.69. The molecule has 0 aromatic carbocycles. The van der Waals surface area contributed by atoms with Gasteiger partial charge in [0.1, 0.15) is 0 Å². The molecule has 1 saturated heterocycles. The molecule has 0 radical (unpaired) electrons. The van der Waals surface area contributed by atoms with Crippen LogP contribution in [-0.2, 0) is 14.2 Å². The zero-order chi connectivity index (χ0) is 13.2. The van der Waals surface area contributed by atoms with Crippen molar-refractivity contribution in [3.8, 4) is 0 Å². The molecule has 3 atom stereocenters. The van der Waals surface area contributed by atoms with Crippen LogP contribution in [0.1, 0.15) is 26.2 Å². The third kappa shape index (κ3) is 7.28. The molecule has 5 nitrogen and oxygen atoms in total. The van der Waals surface area contributed by atoms with Crippen molar-refractivity contribution in [3.63, 3.8) is 0 Å². The van der Waals surface area contributed by atoms with Crippen molar-refractivity contribution in [2.45, 2.75) is 44.5 Å². The first-order valence-electron chi connectivity index (χ1n) is 6.83. The predicted molar refractivity (Wildman–Crippen MR) is 69.8 cm³/mol. The summed E-state index contributed by atoms with van der Waals surface area (Å²) in [7, 11) is 1.64. The molecular formula is C13H27NO4. The van der Waals surface area contributed by atoms with Crippen molar-refractivity contribution in [2.75, 3.05) is 40.0 Å². The summed E-state index contributed by atoms with van der Waals surface area (Å²) in [5.74, 6) is 0. The summed E-state index contributed by atoms with van der Waals surface area (Å²) < 4.78 is 15.9. The van der Waals surface area contributed by atoms with Crippen LogP contribution in [0, 0.1) is 0 Å². The number of hydrogen-bond acceptors (Lipinski definition) is 5. The van der Waals surface area contributed by atoms with Crippen LogP contribution in [0.2, 0.25) is 0 Å². The summed E-state index contributed by atoms with van der Waals surface area (Å²) in [6.45, 7) is 5.18. The molecule has 0 spiro atoms. The normalized spacial score (nSPS) is 23.2. The van der Waals surface area contributed by atoms with Crippen LogP contribution in [0.15, 0.2) is 0 Å². The van der Waals surface area contributed by atoms with Crippen LogP contribution in [0.5, 0.6) is 0 Å². The third-order valence-corrected chi connectivity index (χ3v) is 3.02. The Morgan fingerprint density at radius 3 is 2.94 bits per heavy atom. The largest absolute Gasteiger partial charge is 0.389 e.